The molecule has 0 amide bonds. The Morgan fingerprint density at radius 2 is 1.13 bits per heavy atom. The summed E-state index contributed by atoms with van der Waals surface area (Å²) < 4.78 is 216. The van der Waals surface area contributed by atoms with E-state index in [1.807, 2.05) is 0 Å². The number of aliphatic hydroxyl groups excluding tert-OH is 1. The molecule has 1 aromatic rings. The van der Waals surface area contributed by atoms with Crippen molar-refractivity contribution in [1.29, 1.82) is 0 Å². The molecule has 0 aliphatic heterocycles. The van der Waals surface area contributed by atoms with E-state index in [2.05, 4.69) is 10.1 Å². The van der Waals surface area contributed by atoms with E-state index in [0.29, 0.717) is 5.56 Å². The molecule has 1 atom stereocenters. The summed E-state index contributed by atoms with van der Waals surface area (Å²) in [4.78, 5) is 0. The minimum atomic E-state index is -8.45. The first-order chi connectivity index (χ1) is 16.9. The Balaban J connectivity index is 3.00. The molecule has 0 aliphatic carbocycles. The first kappa shape index (κ1) is 34.0. The number of benzene rings is 1. The molecule has 2 N–H and O–H groups in total. The molecule has 0 radical (unpaired) electrons. The molecular formula is C19H17F16NO2. The van der Waals surface area contributed by atoms with Crippen LogP contribution in [0.4, 0.5) is 70.2 Å². The molecule has 38 heavy (non-hydrogen) atoms. The quantitative estimate of drug-likeness (QED) is 0.250. The van der Waals surface area contributed by atoms with E-state index >= 15 is 0 Å². The van der Waals surface area contributed by atoms with Gasteiger partial charge in [0, 0.05) is 13.1 Å². The van der Waals surface area contributed by atoms with Gasteiger partial charge in [-0.25, -0.2) is 8.78 Å². The van der Waals surface area contributed by atoms with Gasteiger partial charge >= 0.3 is 47.9 Å². The SMILES string of the molecule is O[C@H](CNCc1ccccc1)COCC(F)(F)C(F)(F)C(F)(F)C(F)(F)C(F)(F)C(F)(F)C(F)(F)C(F)F. The Hall–Kier alpha value is -2.02. The van der Waals surface area contributed by atoms with Crippen molar-refractivity contribution < 1.29 is 80.1 Å². The Bertz CT molecular complexity index is 894. The number of hydrogen-bond donors (Lipinski definition) is 2. The van der Waals surface area contributed by atoms with E-state index < -0.39 is 73.7 Å². The fraction of sp³-hybridized carbons (Fsp3) is 0.684. The smallest absolute Gasteiger partial charge is 0.384 e. The maximum Gasteiger partial charge on any atom is 0.384 e. The highest BCUT2D eigenvalue weighted by atomic mass is 19.4. The zero-order valence-electron chi connectivity index (χ0n) is 18.3. The van der Waals surface area contributed by atoms with Crippen LogP contribution in [0.5, 0.6) is 0 Å². The molecule has 0 spiro atoms. The van der Waals surface area contributed by atoms with Crippen LogP contribution in [0.2, 0.25) is 0 Å². The molecule has 222 valence electrons. The van der Waals surface area contributed by atoms with Crippen LogP contribution in [0, 0.1) is 0 Å². The van der Waals surface area contributed by atoms with Crippen molar-refractivity contribution in [3.05, 3.63) is 35.9 Å². The predicted molar refractivity (Wildman–Crippen MR) is 95.6 cm³/mol. The van der Waals surface area contributed by atoms with E-state index in [4.69, 9.17) is 0 Å². The van der Waals surface area contributed by atoms with Crippen LogP contribution >= 0.6 is 0 Å². The van der Waals surface area contributed by atoms with Crippen LogP contribution in [0.25, 0.3) is 0 Å². The number of nitrogens with one attached hydrogen (secondary N) is 1. The lowest BCUT2D eigenvalue weighted by atomic mass is 9.89. The van der Waals surface area contributed by atoms with Crippen LogP contribution in [0.15, 0.2) is 30.3 Å². The van der Waals surface area contributed by atoms with Crippen molar-refractivity contribution >= 4 is 0 Å². The summed E-state index contributed by atoms with van der Waals surface area (Å²) in [5.74, 6) is -55.0. The normalized spacial score (nSPS) is 15.7. The third-order valence-electron chi connectivity index (χ3n) is 4.87. The van der Waals surface area contributed by atoms with Crippen molar-refractivity contribution in [3.63, 3.8) is 0 Å². The summed E-state index contributed by atoms with van der Waals surface area (Å²) in [6, 6.07) is 8.07. The van der Waals surface area contributed by atoms with Crippen LogP contribution < -0.4 is 5.32 Å². The standard InChI is InChI=1S/C19H17F16NO2/c20-12(21)14(24,25)16(28,29)18(32,33)19(34,35)17(30,31)15(26,27)13(22,23)9-38-8-11(37)7-36-6-10-4-2-1-3-5-10/h1-5,11-12,36-37H,6-9H2/t11-/m1/s1. The fourth-order valence-corrected chi connectivity index (χ4v) is 2.62. The lowest BCUT2D eigenvalue weighted by Crippen LogP contribution is -2.74. The molecule has 19 heteroatoms. The minimum absolute atomic E-state index is 0.0664. The van der Waals surface area contributed by atoms with E-state index in [0.717, 1.165) is 0 Å². The van der Waals surface area contributed by atoms with Crippen LogP contribution in [0.3, 0.4) is 0 Å². The second-order valence-electron chi connectivity index (χ2n) is 7.79. The maximum absolute atomic E-state index is 13.7. The number of rotatable bonds is 15. The highest BCUT2D eigenvalue weighted by Gasteiger charge is 2.93. The first-order valence-electron chi connectivity index (χ1n) is 9.85. The number of ether oxygens (including phenoxy) is 1. The van der Waals surface area contributed by atoms with Gasteiger partial charge in [0.2, 0.25) is 0 Å². The summed E-state index contributed by atoms with van der Waals surface area (Å²) in [6.07, 6.45) is -7.71. The first-order valence-corrected chi connectivity index (χ1v) is 9.85. The van der Waals surface area contributed by atoms with Crippen LogP contribution in [-0.2, 0) is 11.3 Å². The van der Waals surface area contributed by atoms with Gasteiger partial charge in [0.05, 0.1) is 12.7 Å². The van der Waals surface area contributed by atoms with Gasteiger partial charge < -0.3 is 15.2 Å². The summed E-state index contributed by atoms with van der Waals surface area (Å²) in [5, 5.41) is 12.1. The van der Waals surface area contributed by atoms with Crippen LogP contribution in [-0.4, -0.2) is 78.9 Å². The maximum atomic E-state index is 13.7. The molecule has 0 bridgehead atoms. The molecule has 3 nitrogen and oxygen atoms in total. The third kappa shape index (κ3) is 5.93. The highest BCUT2D eigenvalue weighted by molar-refractivity contribution is 5.15. The van der Waals surface area contributed by atoms with E-state index in [-0.39, 0.29) is 6.54 Å². The zero-order chi connectivity index (χ0) is 30.0. The molecule has 0 saturated heterocycles. The topological polar surface area (TPSA) is 41.5 Å². The van der Waals surface area contributed by atoms with Gasteiger partial charge in [-0.05, 0) is 5.56 Å². The molecule has 0 aromatic heterocycles. The Morgan fingerprint density at radius 1 is 0.684 bits per heavy atom. The summed E-state index contributed by atoms with van der Waals surface area (Å²) in [5.41, 5.74) is 0.642. The predicted octanol–water partition coefficient (Wildman–Crippen LogP) is 5.87. The molecule has 1 aromatic carbocycles. The molecule has 0 saturated carbocycles. The summed E-state index contributed by atoms with van der Waals surface area (Å²) in [7, 11) is 0. The van der Waals surface area contributed by atoms with E-state index in [1.165, 1.54) is 0 Å². The second-order valence-corrected chi connectivity index (χ2v) is 7.79. The summed E-state index contributed by atoms with van der Waals surface area (Å²) >= 11 is 0. The largest absolute Gasteiger partial charge is 0.389 e. The monoisotopic (exact) mass is 595 g/mol. The van der Waals surface area contributed by atoms with Gasteiger partial charge in [-0.15, -0.1) is 0 Å². The number of halogens is 16. The van der Waals surface area contributed by atoms with Crippen LogP contribution in [0.1, 0.15) is 5.56 Å². The van der Waals surface area contributed by atoms with Crippen molar-refractivity contribution in [3.8, 4) is 0 Å². The molecule has 0 aliphatic rings. The Kier molecular flexibility index (Phi) is 10.0. The molecule has 0 heterocycles. The molecular weight excluding hydrogens is 578 g/mol. The number of aliphatic hydroxyl groups is 1. The Morgan fingerprint density at radius 3 is 1.61 bits per heavy atom. The van der Waals surface area contributed by atoms with Crippen molar-refractivity contribution in [2.24, 2.45) is 0 Å². The van der Waals surface area contributed by atoms with Crippen molar-refractivity contribution in [2.45, 2.75) is 60.5 Å². The lowest BCUT2D eigenvalue weighted by Gasteiger charge is -2.42. The molecule has 1 rings (SSSR count). The average Bonchev–Trinajstić information content (AvgIpc) is 2.78. The molecule has 0 fully saturated rings. The van der Waals surface area contributed by atoms with Gasteiger partial charge in [-0.1, -0.05) is 30.3 Å². The van der Waals surface area contributed by atoms with Gasteiger partial charge in [0.15, 0.2) is 0 Å². The lowest BCUT2D eigenvalue weighted by molar-refractivity contribution is -0.448. The van der Waals surface area contributed by atoms with E-state index in [1.54, 1.807) is 30.3 Å². The van der Waals surface area contributed by atoms with Crippen molar-refractivity contribution in [2.75, 3.05) is 19.8 Å². The highest BCUT2D eigenvalue weighted by Crippen LogP contribution is 2.62. The van der Waals surface area contributed by atoms with Gasteiger partial charge in [0.25, 0.3) is 0 Å². The summed E-state index contributed by atoms with van der Waals surface area (Å²) in [6.45, 7) is -4.78. The van der Waals surface area contributed by atoms with Gasteiger partial charge in [0.1, 0.15) is 6.61 Å². The second kappa shape index (κ2) is 11.2. The van der Waals surface area contributed by atoms with Gasteiger partial charge in [-0.3, -0.25) is 0 Å². The average molecular weight is 595 g/mol. The fourth-order valence-electron chi connectivity index (χ4n) is 2.62. The van der Waals surface area contributed by atoms with Gasteiger partial charge in [-0.2, -0.15) is 61.5 Å². The van der Waals surface area contributed by atoms with E-state index in [9.17, 15) is 75.4 Å². The third-order valence-corrected chi connectivity index (χ3v) is 4.87. The van der Waals surface area contributed by atoms with Crippen molar-refractivity contribution in [1.82, 2.24) is 5.32 Å². The number of hydrogen-bond acceptors (Lipinski definition) is 3. The Labute approximate surface area is 202 Å². The minimum Gasteiger partial charge on any atom is -0.389 e. The number of alkyl halides is 16. The zero-order valence-corrected chi connectivity index (χ0v) is 18.3. The molecule has 0 unspecified atom stereocenters.